The molecule has 23 heavy (non-hydrogen) atoms. The van der Waals surface area contributed by atoms with Crippen LogP contribution in [0.3, 0.4) is 0 Å². The number of hydrogen-bond donors (Lipinski definition) is 0. The molecule has 2 aromatic carbocycles. The molecular formula is C16H14N4S2Zn. The Morgan fingerprint density at radius 2 is 1.04 bits per heavy atom. The van der Waals surface area contributed by atoms with Gasteiger partial charge in [0.15, 0.2) is 0 Å². The molecule has 0 fully saturated rings. The standard InChI is InChI=1S/2C8H8N2S.Zn/c2*1-10-7-5-3-2-4-6(7)9-8(10)11;/h2*2-5H,1H3,(H,9,11);/q;;+2/p-2. The average Bonchev–Trinajstić information content (AvgIpc) is 2.98. The van der Waals surface area contributed by atoms with Crippen molar-refractivity contribution in [3.05, 3.63) is 48.5 Å². The van der Waals surface area contributed by atoms with Crippen LogP contribution in [0.15, 0.2) is 58.8 Å². The van der Waals surface area contributed by atoms with Gasteiger partial charge in [0.2, 0.25) is 0 Å². The van der Waals surface area contributed by atoms with Gasteiger partial charge in [0.25, 0.3) is 0 Å². The normalized spacial score (nSPS) is 10.2. The molecule has 2 aromatic heterocycles. The van der Waals surface area contributed by atoms with Gasteiger partial charge < -0.3 is 34.4 Å². The summed E-state index contributed by atoms with van der Waals surface area (Å²) in [7, 11) is 3.86. The van der Waals surface area contributed by atoms with Crippen molar-refractivity contribution in [1.82, 2.24) is 19.1 Å². The molecule has 0 amide bonds. The van der Waals surface area contributed by atoms with E-state index in [1.807, 2.05) is 71.8 Å². The smallest absolute Gasteiger partial charge is 0.742 e. The van der Waals surface area contributed by atoms with Crippen molar-refractivity contribution in [2.75, 3.05) is 0 Å². The van der Waals surface area contributed by atoms with Crippen LogP contribution in [0.25, 0.3) is 22.1 Å². The van der Waals surface area contributed by atoms with Crippen LogP contribution < -0.4 is 0 Å². The third-order valence-corrected chi connectivity index (χ3v) is 4.22. The second-order valence-electron chi connectivity index (χ2n) is 4.88. The maximum absolute atomic E-state index is 5.01. The molecular weight excluding hydrogens is 378 g/mol. The predicted octanol–water partition coefficient (Wildman–Crippen LogP) is 2.96. The van der Waals surface area contributed by atoms with Gasteiger partial charge in [-0.1, -0.05) is 24.3 Å². The molecule has 0 saturated heterocycles. The van der Waals surface area contributed by atoms with Crippen LogP contribution >= 0.6 is 0 Å². The summed E-state index contributed by atoms with van der Waals surface area (Å²) in [5, 5.41) is 1.29. The van der Waals surface area contributed by atoms with Crippen LogP contribution in [0.5, 0.6) is 0 Å². The minimum Gasteiger partial charge on any atom is -0.742 e. The van der Waals surface area contributed by atoms with Crippen molar-refractivity contribution in [2.24, 2.45) is 14.1 Å². The molecule has 0 bridgehead atoms. The number of aryl methyl sites for hydroxylation is 2. The van der Waals surface area contributed by atoms with E-state index in [0.29, 0.717) is 10.3 Å². The zero-order valence-electron chi connectivity index (χ0n) is 12.9. The number of hydrogen-bond acceptors (Lipinski definition) is 4. The van der Waals surface area contributed by atoms with Gasteiger partial charge in [0.05, 0.1) is 22.1 Å². The Hall–Kier alpha value is -1.56. The third-order valence-electron chi connectivity index (χ3n) is 3.49. The second-order valence-corrected chi connectivity index (χ2v) is 5.61. The molecule has 4 rings (SSSR count). The molecule has 2 heterocycles. The minimum atomic E-state index is 0. The Morgan fingerprint density at radius 3 is 1.39 bits per heavy atom. The van der Waals surface area contributed by atoms with Gasteiger partial charge in [-0.25, -0.2) is 0 Å². The molecule has 0 saturated carbocycles. The molecule has 4 aromatic rings. The van der Waals surface area contributed by atoms with Crippen molar-refractivity contribution in [1.29, 1.82) is 0 Å². The molecule has 4 nitrogen and oxygen atoms in total. The predicted molar refractivity (Wildman–Crippen MR) is 92.7 cm³/mol. The van der Waals surface area contributed by atoms with Crippen LogP contribution in [-0.2, 0) is 58.8 Å². The summed E-state index contributed by atoms with van der Waals surface area (Å²) in [6.45, 7) is 0. The maximum atomic E-state index is 5.01. The first-order chi connectivity index (χ1) is 10.6. The quantitative estimate of drug-likeness (QED) is 0.341. The van der Waals surface area contributed by atoms with Crippen LogP contribution in [0.4, 0.5) is 0 Å². The largest absolute Gasteiger partial charge is 2.00 e. The van der Waals surface area contributed by atoms with Crippen molar-refractivity contribution in [2.45, 2.75) is 10.3 Å². The first-order valence-corrected chi connectivity index (χ1v) is 7.56. The molecule has 0 spiro atoms. The summed E-state index contributed by atoms with van der Waals surface area (Å²) in [4.78, 5) is 8.38. The molecule has 0 atom stereocenters. The van der Waals surface area contributed by atoms with Gasteiger partial charge in [-0.05, 0) is 34.6 Å². The maximum Gasteiger partial charge on any atom is 2.00 e. The molecule has 112 valence electrons. The number of imidazole rings is 2. The molecule has 0 unspecified atom stereocenters. The second kappa shape index (κ2) is 7.34. The minimum absolute atomic E-state index is 0. The monoisotopic (exact) mass is 390 g/mol. The molecule has 7 heteroatoms. The van der Waals surface area contributed by atoms with Crippen LogP contribution in [0.1, 0.15) is 0 Å². The van der Waals surface area contributed by atoms with Gasteiger partial charge in [0.1, 0.15) is 0 Å². The zero-order valence-corrected chi connectivity index (χ0v) is 17.5. The van der Waals surface area contributed by atoms with E-state index in [4.69, 9.17) is 25.3 Å². The summed E-state index contributed by atoms with van der Waals surface area (Å²) in [5.74, 6) is 0. The fourth-order valence-corrected chi connectivity index (χ4v) is 2.64. The Kier molecular flexibility index (Phi) is 5.68. The SMILES string of the molecule is Cn1c([S-])nc2ccccc21.Cn1c([S-])nc2ccccc21.[Zn+2]. The average molecular weight is 392 g/mol. The van der Waals surface area contributed by atoms with Gasteiger partial charge >= 0.3 is 19.5 Å². The Morgan fingerprint density at radius 1 is 0.696 bits per heavy atom. The van der Waals surface area contributed by atoms with Crippen LogP contribution in [-0.4, -0.2) is 19.1 Å². The molecule has 0 aliphatic carbocycles. The first kappa shape index (κ1) is 17.8. The van der Waals surface area contributed by atoms with E-state index >= 15 is 0 Å². The summed E-state index contributed by atoms with van der Waals surface area (Å²) < 4.78 is 3.81. The summed E-state index contributed by atoms with van der Waals surface area (Å²) in [6.07, 6.45) is 0. The number of fused-ring (bicyclic) bond motifs is 2. The van der Waals surface area contributed by atoms with Crippen molar-refractivity contribution in [3.63, 3.8) is 0 Å². The molecule has 0 aliphatic heterocycles. The van der Waals surface area contributed by atoms with E-state index in [0.717, 1.165) is 22.1 Å². The topological polar surface area (TPSA) is 35.6 Å². The van der Waals surface area contributed by atoms with E-state index in [9.17, 15) is 0 Å². The number of para-hydroxylation sites is 4. The van der Waals surface area contributed by atoms with Gasteiger partial charge in [-0.2, -0.15) is 0 Å². The van der Waals surface area contributed by atoms with Gasteiger partial charge in [-0.15, -0.1) is 0 Å². The Labute approximate surface area is 158 Å². The van der Waals surface area contributed by atoms with Crippen molar-refractivity contribution in [3.8, 4) is 0 Å². The molecule has 0 radical (unpaired) electrons. The fourth-order valence-electron chi connectivity index (χ4n) is 2.25. The first-order valence-electron chi connectivity index (χ1n) is 6.75. The van der Waals surface area contributed by atoms with Crippen molar-refractivity contribution < 1.29 is 19.5 Å². The third kappa shape index (κ3) is 3.52. The molecule has 0 N–H and O–H groups in total. The summed E-state index contributed by atoms with van der Waals surface area (Å²) >= 11 is 10.0. The summed E-state index contributed by atoms with van der Waals surface area (Å²) in [6, 6.07) is 15.8. The Balaban J connectivity index is 0.000000160. The van der Waals surface area contributed by atoms with Gasteiger partial charge in [0, 0.05) is 14.1 Å². The van der Waals surface area contributed by atoms with E-state index in [1.54, 1.807) is 0 Å². The van der Waals surface area contributed by atoms with E-state index < -0.39 is 0 Å². The summed E-state index contributed by atoms with van der Waals surface area (Å²) in [5.41, 5.74) is 4.13. The number of benzene rings is 2. The van der Waals surface area contributed by atoms with Crippen molar-refractivity contribution >= 4 is 47.3 Å². The Bertz CT molecular complexity index is 868. The number of aromatic nitrogens is 4. The van der Waals surface area contributed by atoms with Crippen LogP contribution in [0.2, 0.25) is 0 Å². The van der Waals surface area contributed by atoms with E-state index in [2.05, 4.69) is 9.97 Å². The molecule has 0 aliphatic rings. The zero-order chi connectivity index (χ0) is 15.7. The fraction of sp³-hybridized carbons (Fsp3) is 0.125. The van der Waals surface area contributed by atoms with E-state index in [-0.39, 0.29) is 19.5 Å². The number of nitrogens with zero attached hydrogens (tertiary/aromatic N) is 4. The van der Waals surface area contributed by atoms with Crippen LogP contribution in [0, 0.1) is 0 Å². The van der Waals surface area contributed by atoms with Gasteiger partial charge in [-0.3, -0.25) is 9.97 Å². The van der Waals surface area contributed by atoms with E-state index in [1.165, 1.54) is 0 Å². The number of rotatable bonds is 0.